The first-order chi connectivity index (χ1) is 11.1. The smallest absolute Gasteiger partial charge is 0.234 e. The molecule has 1 saturated heterocycles. The van der Waals surface area contributed by atoms with Gasteiger partial charge in [0.05, 0.1) is 5.75 Å². The van der Waals surface area contributed by atoms with Crippen LogP contribution in [0.15, 0.2) is 34.0 Å². The van der Waals surface area contributed by atoms with E-state index >= 15 is 0 Å². The monoisotopic (exact) mass is 347 g/mol. The van der Waals surface area contributed by atoms with Gasteiger partial charge in [0.2, 0.25) is 11.8 Å². The summed E-state index contributed by atoms with van der Waals surface area (Å²) in [5.41, 5.74) is 2.60. The number of nitrogens with one attached hydrogen (secondary N) is 1. The minimum Gasteiger partial charge on any atom is -0.325 e. The van der Waals surface area contributed by atoms with Crippen molar-refractivity contribution in [2.75, 3.05) is 22.5 Å². The van der Waals surface area contributed by atoms with Crippen LogP contribution in [0, 0.1) is 6.92 Å². The summed E-state index contributed by atoms with van der Waals surface area (Å²) in [6.45, 7) is 2.71. The zero-order valence-corrected chi connectivity index (χ0v) is 14.4. The Morgan fingerprint density at radius 1 is 1.39 bits per heavy atom. The van der Waals surface area contributed by atoms with Crippen molar-refractivity contribution in [1.82, 2.24) is 4.98 Å². The molecule has 5 nitrogen and oxygen atoms in total. The van der Waals surface area contributed by atoms with Crippen molar-refractivity contribution in [3.05, 3.63) is 35.3 Å². The Hall–Kier alpha value is -1.86. The first-order valence-corrected chi connectivity index (χ1v) is 9.23. The van der Waals surface area contributed by atoms with E-state index in [4.69, 9.17) is 0 Å². The number of anilines is 2. The van der Waals surface area contributed by atoms with E-state index in [0.29, 0.717) is 12.2 Å². The second kappa shape index (κ2) is 7.14. The van der Waals surface area contributed by atoms with Crippen LogP contribution in [0.5, 0.6) is 0 Å². The van der Waals surface area contributed by atoms with Crippen molar-refractivity contribution >= 4 is 46.3 Å². The second-order valence-corrected chi connectivity index (χ2v) is 7.37. The average molecular weight is 347 g/mol. The van der Waals surface area contributed by atoms with E-state index < -0.39 is 0 Å². The maximum absolute atomic E-state index is 12.0. The highest BCUT2D eigenvalue weighted by atomic mass is 32.2. The van der Waals surface area contributed by atoms with Gasteiger partial charge in [-0.2, -0.15) is 0 Å². The molecule has 0 radical (unpaired) electrons. The van der Waals surface area contributed by atoms with Gasteiger partial charge in [0.15, 0.2) is 4.34 Å². The summed E-state index contributed by atoms with van der Waals surface area (Å²) in [6.07, 6.45) is 1.52. The van der Waals surface area contributed by atoms with E-state index in [0.717, 1.165) is 34.4 Å². The van der Waals surface area contributed by atoms with Crippen molar-refractivity contribution in [1.29, 1.82) is 0 Å². The number of carbonyl (C=O) groups is 2. The average Bonchev–Trinajstić information content (AvgIpc) is 3.14. The van der Waals surface area contributed by atoms with Crippen LogP contribution in [0.1, 0.15) is 18.5 Å². The van der Waals surface area contributed by atoms with Crippen LogP contribution < -0.4 is 10.2 Å². The maximum atomic E-state index is 12.0. The minimum atomic E-state index is -0.0622. The van der Waals surface area contributed by atoms with Gasteiger partial charge < -0.3 is 10.2 Å². The first-order valence-electron chi connectivity index (χ1n) is 7.37. The SMILES string of the molecule is Cc1csc(SCC(=O)Nc2ccc(N3CCCC3=O)cc2)n1. The standard InChI is InChI=1S/C16H17N3O2S2/c1-11-9-22-16(17-11)23-10-14(20)18-12-4-6-13(7-5-12)19-8-2-3-15(19)21/h4-7,9H,2-3,8,10H2,1H3,(H,18,20). The molecule has 2 amide bonds. The number of thioether (sulfide) groups is 1. The molecular formula is C16H17N3O2S2. The fourth-order valence-electron chi connectivity index (χ4n) is 2.37. The van der Waals surface area contributed by atoms with Gasteiger partial charge in [-0.25, -0.2) is 4.98 Å². The first kappa shape index (κ1) is 16.0. The minimum absolute atomic E-state index is 0.0622. The largest absolute Gasteiger partial charge is 0.325 e. The van der Waals surface area contributed by atoms with Gasteiger partial charge in [0.25, 0.3) is 0 Å². The quantitative estimate of drug-likeness (QED) is 0.843. The highest BCUT2D eigenvalue weighted by molar-refractivity contribution is 8.01. The summed E-state index contributed by atoms with van der Waals surface area (Å²) >= 11 is 2.98. The molecule has 3 rings (SSSR count). The van der Waals surface area contributed by atoms with E-state index in [2.05, 4.69) is 10.3 Å². The van der Waals surface area contributed by atoms with Crippen molar-refractivity contribution in [3.63, 3.8) is 0 Å². The highest BCUT2D eigenvalue weighted by Gasteiger charge is 2.21. The fourth-order valence-corrected chi connectivity index (χ4v) is 4.02. The lowest BCUT2D eigenvalue weighted by Gasteiger charge is -2.16. The molecule has 0 atom stereocenters. The lowest BCUT2D eigenvalue weighted by Crippen LogP contribution is -2.23. The molecule has 7 heteroatoms. The summed E-state index contributed by atoms with van der Waals surface area (Å²) in [5.74, 6) is 0.434. The number of hydrogen-bond acceptors (Lipinski definition) is 5. The Morgan fingerprint density at radius 2 is 2.17 bits per heavy atom. The Bertz CT molecular complexity index is 712. The predicted octanol–water partition coefficient (Wildman–Crippen LogP) is 3.31. The summed E-state index contributed by atoms with van der Waals surface area (Å²) in [6, 6.07) is 7.40. The topological polar surface area (TPSA) is 62.3 Å². The number of benzene rings is 1. The highest BCUT2D eigenvalue weighted by Crippen LogP contribution is 2.24. The molecule has 1 fully saturated rings. The molecule has 23 heavy (non-hydrogen) atoms. The van der Waals surface area contributed by atoms with Crippen LogP contribution in [0.2, 0.25) is 0 Å². The number of aryl methyl sites for hydroxylation is 1. The molecule has 1 aromatic heterocycles. The lowest BCUT2D eigenvalue weighted by atomic mass is 10.2. The van der Waals surface area contributed by atoms with Crippen LogP contribution in [-0.4, -0.2) is 29.1 Å². The zero-order chi connectivity index (χ0) is 16.2. The third kappa shape index (κ3) is 4.11. The van der Waals surface area contributed by atoms with Gasteiger partial charge in [0, 0.05) is 35.4 Å². The van der Waals surface area contributed by atoms with Gasteiger partial charge in [-0.15, -0.1) is 11.3 Å². The second-order valence-electron chi connectivity index (χ2n) is 5.29. The van der Waals surface area contributed by atoms with Crippen LogP contribution in [0.3, 0.4) is 0 Å². The number of carbonyl (C=O) groups excluding carboxylic acids is 2. The van der Waals surface area contributed by atoms with Gasteiger partial charge in [-0.05, 0) is 37.6 Å². The molecule has 0 bridgehead atoms. The summed E-state index contributed by atoms with van der Waals surface area (Å²) in [7, 11) is 0. The molecule has 1 N–H and O–H groups in total. The molecular weight excluding hydrogens is 330 g/mol. The Morgan fingerprint density at radius 3 is 2.78 bits per heavy atom. The normalized spacial score (nSPS) is 14.3. The Balaban J connectivity index is 1.53. The van der Waals surface area contributed by atoms with E-state index in [1.165, 1.54) is 11.8 Å². The Kier molecular flexibility index (Phi) is 4.97. The number of rotatable bonds is 5. The lowest BCUT2D eigenvalue weighted by molar-refractivity contribution is -0.117. The third-order valence-corrected chi connectivity index (χ3v) is 5.60. The molecule has 0 aliphatic carbocycles. The van der Waals surface area contributed by atoms with E-state index in [1.807, 2.05) is 36.6 Å². The van der Waals surface area contributed by atoms with Crippen molar-refractivity contribution in [3.8, 4) is 0 Å². The van der Waals surface area contributed by atoms with E-state index in [1.54, 1.807) is 16.2 Å². The van der Waals surface area contributed by atoms with Crippen molar-refractivity contribution < 1.29 is 9.59 Å². The van der Waals surface area contributed by atoms with Gasteiger partial charge in [0.1, 0.15) is 0 Å². The number of nitrogens with zero attached hydrogens (tertiary/aromatic N) is 2. The van der Waals surface area contributed by atoms with Crippen LogP contribution in [0.25, 0.3) is 0 Å². The molecule has 0 saturated carbocycles. The van der Waals surface area contributed by atoms with Crippen molar-refractivity contribution in [2.45, 2.75) is 24.1 Å². The van der Waals surface area contributed by atoms with Crippen LogP contribution >= 0.6 is 23.1 Å². The third-order valence-electron chi connectivity index (χ3n) is 3.46. The molecule has 120 valence electrons. The van der Waals surface area contributed by atoms with Crippen LogP contribution in [-0.2, 0) is 9.59 Å². The molecule has 2 aromatic rings. The van der Waals surface area contributed by atoms with Gasteiger partial charge in [-0.1, -0.05) is 11.8 Å². The fraction of sp³-hybridized carbons (Fsp3) is 0.312. The van der Waals surface area contributed by atoms with E-state index in [-0.39, 0.29) is 11.8 Å². The molecule has 1 aliphatic rings. The molecule has 0 spiro atoms. The van der Waals surface area contributed by atoms with Gasteiger partial charge in [-0.3, -0.25) is 9.59 Å². The Labute approximate surface area is 143 Å². The number of amides is 2. The van der Waals surface area contributed by atoms with E-state index in [9.17, 15) is 9.59 Å². The maximum Gasteiger partial charge on any atom is 0.234 e. The zero-order valence-electron chi connectivity index (χ0n) is 12.7. The number of aromatic nitrogens is 1. The molecule has 1 aromatic carbocycles. The van der Waals surface area contributed by atoms with Crippen molar-refractivity contribution in [2.24, 2.45) is 0 Å². The summed E-state index contributed by atoms with van der Waals surface area (Å²) in [4.78, 5) is 29.8. The van der Waals surface area contributed by atoms with Crippen LogP contribution in [0.4, 0.5) is 11.4 Å². The number of hydrogen-bond donors (Lipinski definition) is 1. The number of thiazole rings is 1. The van der Waals surface area contributed by atoms with Gasteiger partial charge >= 0.3 is 0 Å². The molecule has 0 unspecified atom stereocenters. The molecule has 2 heterocycles. The molecule has 1 aliphatic heterocycles. The summed E-state index contributed by atoms with van der Waals surface area (Å²) < 4.78 is 0.903. The summed E-state index contributed by atoms with van der Waals surface area (Å²) in [5, 5.41) is 4.83. The predicted molar refractivity (Wildman–Crippen MR) is 94.2 cm³/mol.